The zero-order valence-electron chi connectivity index (χ0n) is 13.3. The van der Waals surface area contributed by atoms with Gasteiger partial charge in [0.1, 0.15) is 23.2 Å². The number of aliphatic imine (C=N–C) groups is 1. The summed E-state index contributed by atoms with van der Waals surface area (Å²) < 4.78 is 2.03. The van der Waals surface area contributed by atoms with Crippen LogP contribution in [0.5, 0.6) is 0 Å². The quantitative estimate of drug-likeness (QED) is 0.574. The van der Waals surface area contributed by atoms with Crippen LogP contribution in [-0.4, -0.2) is 44.0 Å². The first-order valence-corrected chi connectivity index (χ1v) is 7.06. The zero-order chi connectivity index (χ0) is 16.2. The average molecular weight is 311 g/mol. The molecule has 1 rings (SSSR count). The number of hydrogen-bond acceptors (Lipinski definition) is 5. The number of aromatic nitrogens is 3. The molecule has 0 N–H and O–H groups in total. The predicted molar refractivity (Wildman–Crippen MR) is 87.1 cm³/mol. The second-order valence-electron chi connectivity index (χ2n) is 4.77. The molecule has 0 amide bonds. The Bertz CT molecular complexity index is 536. The van der Waals surface area contributed by atoms with Crippen LogP contribution in [0, 0.1) is 6.92 Å². The number of rotatable bonds is 7. The molecule has 6 nitrogen and oxygen atoms in total. The fraction of sp³-hybridized carbons (Fsp3) is 0.500. The molecule has 1 aromatic rings. The van der Waals surface area contributed by atoms with Crippen molar-refractivity contribution in [2.24, 2.45) is 4.99 Å². The Kier molecular flexibility index (Phi) is 6.11. The molecule has 2 atom stereocenters. The Morgan fingerprint density at radius 3 is 2.48 bits per heavy atom. The zero-order valence-corrected chi connectivity index (χ0v) is 14.0. The van der Waals surface area contributed by atoms with E-state index in [2.05, 4.69) is 35.3 Å². The van der Waals surface area contributed by atoms with Crippen LogP contribution in [0.2, 0.25) is 0 Å². The highest BCUT2D eigenvalue weighted by molar-refractivity contribution is 6.68. The molecule has 1 heterocycles. The Hall–Kier alpha value is -1.66. The van der Waals surface area contributed by atoms with E-state index < -0.39 is 0 Å². The molecule has 0 saturated carbocycles. The third-order valence-corrected chi connectivity index (χ3v) is 3.68. The summed E-state index contributed by atoms with van der Waals surface area (Å²) in [5, 5.41) is 12.7. The van der Waals surface area contributed by atoms with Crippen molar-refractivity contribution < 1.29 is 0 Å². The van der Waals surface area contributed by atoms with Crippen LogP contribution in [0.4, 0.5) is 0 Å². The molecule has 0 radical (unpaired) electrons. The number of aryl methyl sites for hydroxylation is 1. The summed E-state index contributed by atoms with van der Waals surface area (Å²) in [5.74, 6) is 1.57. The topological polar surface area (TPSA) is 49.6 Å². The van der Waals surface area contributed by atoms with E-state index in [1.165, 1.54) is 6.08 Å². The second kappa shape index (κ2) is 7.38. The highest BCUT2D eigenvalue weighted by Crippen LogP contribution is 2.23. The normalized spacial score (nSPS) is 14.9. The summed E-state index contributed by atoms with van der Waals surface area (Å²) in [4.78, 5) is 4.33. The van der Waals surface area contributed by atoms with Gasteiger partial charge in [-0.3, -0.25) is 9.56 Å². The maximum atomic E-state index is 5.93. The van der Waals surface area contributed by atoms with Crippen LogP contribution >= 0.6 is 11.6 Å². The van der Waals surface area contributed by atoms with Gasteiger partial charge in [-0.1, -0.05) is 24.8 Å². The first kappa shape index (κ1) is 17.4. The average Bonchev–Trinajstić information content (AvgIpc) is 2.86. The maximum Gasteiger partial charge on any atom is 0.159 e. The third-order valence-electron chi connectivity index (χ3n) is 3.43. The molecule has 7 heteroatoms. The van der Waals surface area contributed by atoms with Crippen molar-refractivity contribution >= 4 is 16.8 Å². The molecule has 1 unspecified atom stereocenters. The molecule has 21 heavy (non-hydrogen) atoms. The molecule has 0 bridgehead atoms. The van der Waals surface area contributed by atoms with Crippen molar-refractivity contribution in [2.45, 2.75) is 33.0 Å². The van der Waals surface area contributed by atoms with E-state index in [0.717, 1.165) is 11.6 Å². The minimum absolute atomic E-state index is 0.0122. The molecule has 0 fully saturated rings. The molecule has 0 spiro atoms. The van der Waals surface area contributed by atoms with E-state index in [0.29, 0.717) is 5.17 Å². The minimum Gasteiger partial charge on any atom is -0.315 e. The van der Waals surface area contributed by atoms with Crippen molar-refractivity contribution in [1.29, 1.82) is 0 Å². The lowest BCUT2D eigenvalue weighted by Crippen LogP contribution is -2.38. The van der Waals surface area contributed by atoms with E-state index in [9.17, 15) is 0 Å². The van der Waals surface area contributed by atoms with Crippen LogP contribution in [0.15, 0.2) is 30.4 Å². The molecule has 0 aliphatic carbocycles. The molecule has 0 aromatic carbocycles. The van der Waals surface area contributed by atoms with Crippen molar-refractivity contribution in [1.82, 2.24) is 24.8 Å². The predicted octanol–water partition coefficient (Wildman–Crippen LogP) is 2.91. The van der Waals surface area contributed by atoms with Gasteiger partial charge in [0.05, 0.1) is 0 Å². The highest BCUT2D eigenvalue weighted by Gasteiger charge is 2.23. The van der Waals surface area contributed by atoms with Gasteiger partial charge in [-0.2, -0.15) is 0 Å². The lowest BCUT2D eigenvalue weighted by atomic mass is 10.3. The first-order chi connectivity index (χ1) is 9.83. The van der Waals surface area contributed by atoms with Crippen LogP contribution in [0.3, 0.4) is 0 Å². The molecular formula is C14H23ClN6. The van der Waals surface area contributed by atoms with Gasteiger partial charge >= 0.3 is 0 Å². The summed E-state index contributed by atoms with van der Waals surface area (Å²) in [6.45, 7) is 13.3. The van der Waals surface area contributed by atoms with Crippen molar-refractivity contribution in [3.05, 3.63) is 37.1 Å². The number of hydrazine groups is 1. The molecule has 0 aliphatic rings. The highest BCUT2D eigenvalue weighted by atomic mass is 35.5. The summed E-state index contributed by atoms with van der Waals surface area (Å²) >= 11 is 5.93. The van der Waals surface area contributed by atoms with E-state index in [1.54, 1.807) is 6.20 Å². The van der Waals surface area contributed by atoms with Crippen LogP contribution < -0.4 is 0 Å². The van der Waals surface area contributed by atoms with Gasteiger partial charge in [-0.05, 0) is 26.8 Å². The third kappa shape index (κ3) is 3.92. The van der Waals surface area contributed by atoms with Gasteiger partial charge in [0.2, 0.25) is 0 Å². The fourth-order valence-electron chi connectivity index (χ4n) is 1.99. The lowest BCUT2D eigenvalue weighted by Gasteiger charge is -2.34. The van der Waals surface area contributed by atoms with Crippen LogP contribution in [0.25, 0.3) is 0 Å². The SMILES string of the molecule is C=CC(Cl)=N[C@@H](C)c1nnc(C)n1C(C)N(C)N(C)C=C. The number of halogens is 1. The van der Waals surface area contributed by atoms with Crippen LogP contribution in [-0.2, 0) is 0 Å². The van der Waals surface area contributed by atoms with Gasteiger partial charge in [0.15, 0.2) is 5.82 Å². The number of nitrogens with zero attached hydrogens (tertiary/aromatic N) is 6. The molecule has 116 valence electrons. The van der Waals surface area contributed by atoms with E-state index in [4.69, 9.17) is 11.6 Å². The van der Waals surface area contributed by atoms with Crippen molar-refractivity contribution in [3.8, 4) is 0 Å². The van der Waals surface area contributed by atoms with E-state index in [-0.39, 0.29) is 12.2 Å². The smallest absolute Gasteiger partial charge is 0.159 e. The Morgan fingerprint density at radius 2 is 1.95 bits per heavy atom. The van der Waals surface area contributed by atoms with Gasteiger partial charge in [0, 0.05) is 20.3 Å². The number of allylic oxidation sites excluding steroid dienone is 1. The monoisotopic (exact) mass is 310 g/mol. The Labute approximate surface area is 131 Å². The maximum absolute atomic E-state index is 5.93. The van der Waals surface area contributed by atoms with Gasteiger partial charge < -0.3 is 5.01 Å². The lowest BCUT2D eigenvalue weighted by molar-refractivity contribution is 0.00258. The molecule has 1 aromatic heterocycles. The van der Waals surface area contributed by atoms with Gasteiger partial charge in [-0.15, -0.1) is 10.2 Å². The van der Waals surface area contributed by atoms with Gasteiger partial charge in [0.25, 0.3) is 0 Å². The summed E-state index contributed by atoms with van der Waals surface area (Å²) in [5.41, 5.74) is 0. The minimum atomic E-state index is -0.207. The van der Waals surface area contributed by atoms with E-state index >= 15 is 0 Å². The summed E-state index contributed by atoms with van der Waals surface area (Å²) in [6.07, 6.45) is 3.26. The first-order valence-electron chi connectivity index (χ1n) is 6.68. The summed E-state index contributed by atoms with van der Waals surface area (Å²) in [7, 11) is 3.90. The Balaban J connectivity index is 3.16. The fourth-order valence-corrected chi connectivity index (χ4v) is 2.13. The molecule has 0 aliphatic heterocycles. The summed E-state index contributed by atoms with van der Waals surface area (Å²) in [6, 6.07) is -0.207. The van der Waals surface area contributed by atoms with Crippen LogP contribution in [0.1, 0.15) is 37.7 Å². The Morgan fingerprint density at radius 1 is 1.33 bits per heavy atom. The standard InChI is InChI=1S/C14H23ClN6/c1-8-13(15)16-10(3)14-18-17-11(4)21(14)12(5)20(7)19(6)9-2/h8-10,12H,1-2H2,3-7H3/t10-,12?/m0/s1. The van der Waals surface area contributed by atoms with Crippen molar-refractivity contribution in [3.63, 3.8) is 0 Å². The molecular weight excluding hydrogens is 288 g/mol. The second-order valence-corrected chi connectivity index (χ2v) is 5.16. The van der Waals surface area contributed by atoms with E-state index in [1.807, 2.05) is 42.5 Å². The number of hydrogen-bond donors (Lipinski definition) is 0. The molecule has 0 saturated heterocycles. The van der Waals surface area contributed by atoms with Crippen molar-refractivity contribution in [2.75, 3.05) is 14.1 Å². The van der Waals surface area contributed by atoms with Gasteiger partial charge in [-0.25, -0.2) is 5.01 Å². The largest absolute Gasteiger partial charge is 0.315 e.